The minimum atomic E-state index is -0.817. The summed E-state index contributed by atoms with van der Waals surface area (Å²) in [4.78, 5) is 26.0. The van der Waals surface area contributed by atoms with Gasteiger partial charge < -0.3 is 14.1 Å². The third kappa shape index (κ3) is 2.95. The van der Waals surface area contributed by atoms with E-state index in [0.717, 1.165) is 31.3 Å². The van der Waals surface area contributed by atoms with Crippen LogP contribution < -0.4 is 0 Å². The van der Waals surface area contributed by atoms with Crippen molar-refractivity contribution in [3.8, 4) is 0 Å². The highest BCUT2D eigenvalue weighted by molar-refractivity contribution is 6.31. The Morgan fingerprint density at radius 1 is 1.27 bits per heavy atom. The molecule has 1 atom stereocenters. The zero-order valence-corrected chi connectivity index (χ0v) is 12.9. The minimum absolute atomic E-state index is 0.0679. The minimum Gasteiger partial charge on any atom is -0.449 e. The highest BCUT2D eigenvalue weighted by Crippen LogP contribution is 2.24. The van der Waals surface area contributed by atoms with Gasteiger partial charge in [0.25, 0.3) is 5.91 Å². The second-order valence-electron chi connectivity index (χ2n) is 5.37. The lowest BCUT2D eigenvalue weighted by Gasteiger charge is -2.19. The first-order valence-electron chi connectivity index (χ1n) is 7.23. The topological polar surface area (TPSA) is 59.8 Å². The molecule has 0 radical (unpaired) electrons. The highest BCUT2D eigenvalue weighted by Gasteiger charge is 2.27. The number of ether oxygens (including phenoxy) is 1. The maximum atomic E-state index is 12.1. The smallest absolute Gasteiger partial charge is 0.375 e. The van der Waals surface area contributed by atoms with E-state index < -0.39 is 12.1 Å². The summed E-state index contributed by atoms with van der Waals surface area (Å²) >= 11 is 5.90. The van der Waals surface area contributed by atoms with Crippen LogP contribution in [0, 0.1) is 0 Å². The fourth-order valence-electron chi connectivity index (χ4n) is 2.58. The lowest BCUT2D eigenvalue weighted by atomic mass is 10.2. The van der Waals surface area contributed by atoms with Crippen LogP contribution in [0.1, 0.15) is 30.3 Å². The summed E-state index contributed by atoms with van der Waals surface area (Å²) in [5, 5.41) is 1.28. The monoisotopic (exact) mass is 321 g/mol. The molecule has 1 fully saturated rings. The average Bonchev–Trinajstić information content (AvgIpc) is 3.14. The van der Waals surface area contributed by atoms with Crippen molar-refractivity contribution in [1.29, 1.82) is 0 Å². The van der Waals surface area contributed by atoms with Crippen molar-refractivity contribution in [2.45, 2.75) is 25.9 Å². The fraction of sp³-hybridized carbons (Fsp3) is 0.375. The first kappa shape index (κ1) is 14.9. The Labute approximate surface area is 132 Å². The predicted molar refractivity (Wildman–Crippen MR) is 81.9 cm³/mol. The van der Waals surface area contributed by atoms with E-state index in [0.29, 0.717) is 10.6 Å². The van der Waals surface area contributed by atoms with Crippen LogP contribution in [0.15, 0.2) is 28.7 Å². The summed E-state index contributed by atoms with van der Waals surface area (Å²) in [5.74, 6) is -0.740. The van der Waals surface area contributed by atoms with E-state index in [1.807, 2.05) is 0 Å². The van der Waals surface area contributed by atoms with Crippen LogP contribution in [0.5, 0.6) is 0 Å². The molecule has 0 saturated carbocycles. The number of rotatable bonds is 3. The molecule has 3 rings (SSSR count). The molecule has 6 heteroatoms. The van der Waals surface area contributed by atoms with Gasteiger partial charge in [0.2, 0.25) is 5.76 Å². The molecule has 5 nitrogen and oxygen atoms in total. The number of likely N-dealkylation sites (tertiary alicyclic amines) is 1. The van der Waals surface area contributed by atoms with Crippen molar-refractivity contribution in [1.82, 2.24) is 4.90 Å². The molecule has 116 valence electrons. The summed E-state index contributed by atoms with van der Waals surface area (Å²) in [6, 6.07) is 6.64. The van der Waals surface area contributed by atoms with Crippen LogP contribution in [0.2, 0.25) is 5.02 Å². The second kappa shape index (κ2) is 6.01. The molecule has 0 aliphatic carbocycles. The van der Waals surface area contributed by atoms with E-state index in [4.69, 9.17) is 20.8 Å². The summed E-state index contributed by atoms with van der Waals surface area (Å²) in [6.07, 6.45) is 1.18. The standard InChI is InChI=1S/C16H16ClNO4/c1-10(15(19)18-6-2-3-7-18)21-16(20)14-9-11-8-12(17)4-5-13(11)22-14/h4-5,8-10H,2-3,6-7H2,1H3. The van der Waals surface area contributed by atoms with Crippen LogP contribution in [0.4, 0.5) is 0 Å². The molecule has 1 saturated heterocycles. The Bertz CT molecular complexity index is 718. The molecule has 1 aromatic heterocycles. The van der Waals surface area contributed by atoms with Crippen molar-refractivity contribution < 1.29 is 18.7 Å². The van der Waals surface area contributed by atoms with E-state index in [1.165, 1.54) is 0 Å². The summed E-state index contributed by atoms with van der Waals surface area (Å²) in [6.45, 7) is 3.03. The van der Waals surface area contributed by atoms with Gasteiger partial charge in [-0.15, -0.1) is 0 Å². The third-order valence-corrected chi connectivity index (χ3v) is 3.96. The molecule has 1 aromatic carbocycles. The molecular formula is C16H16ClNO4. The fourth-order valence-corrected chi connectivity index (χ4v) is 2.76. The number of hydrogen-bond acceptors (Lipinski definition) is 4. The van der Waals surface area contributed by atoms with Crippen LogP contribution in [-0.4, -0.2) is 36.0 Å². The lowest BCUT2D eigenvalue weighted by Crippen LogP contribution is -2.38. The second-order valence-corrected chi connectivity index (χ2v) is 5.81. The summed E-state index contributed by atoms with van der Waals surface area (Å²) < 4.78 is 10.6. The molecular weight excluding hydrogens is 306 g/mol. The van der Waals surface area contributed by atoms with Gasteiger partial charge in [0.1, 0.15) is 5.58 Å². The largest absolute Gasteiger partial charge is 0.449 e. The van der Waals surface area contributed by atoms with Gasteiger partial charge in [0.05, 0.1) is 0 Å². The van der Waals surface area contributed by atoms with Gasteiger partial charge in [-0.3, -0.25) is 4.79 Å². The molecule has 0 spiro atoms. The van der Waals surface area contributed by atoms with Gasteiger partial charge >= 0.3 is 5.97 Å². The van der Waals surface area contributed by atoms with Crippen molar-refractivity contribution in [2.75, 3.05) is 13.1 Å². The maximum Gasteiger partial charge on any atom is 0.375 e. The van der Waals surface area contributed by atoms with Gasteiger partial charge in [-0.25, -0.2) is 4.79 Å². The number of esters is 1. The molecule has 1 amide bonds. The number of benzene rings is 1. The van der Waals surface area contributed by atoms with E-state index in [1.54, 1.807) is 36.1 Å². The number of halogens is 1. The quantitative estimate of drug-likeness (QED) is 0.814. The molecule has 22 heavy (non-hydrogen) atoms. The van der Waals surface area contributed by atoms with Crippen LogP contribution in [-0.2, 0) is 9.53 Å². The van der Waals surface area contributed by atoms with Gasteiger partial charge in [-0.1, -0.05) is 11.6 Å². The van der Waals surface area contributed by atoms with Gasteiger partial charge in [-0.05, 0) is 44.0 Å². The number of amides is 1. The Morgan fingerprint density at radius 2 is 2.00 bits per heavy atom. The summed E-state index contributed by atoms with van der Waals surface area (Å²) in [7, 11) is 0. The van der Waals surface area contributed by atoms with Crippen LogP contribution in [0.3, 0.4) is 0 Å². The Balaban J connectivity index is 1.70. The number of carbonyl (C=O) groups excluding carboxylic acids is 2. The van der Waals surface area contributed by atoms with Gasteiger partial charge in [0.15, 0.2) is 6.10 Å². The molecule has 2 heterocycles. The van der Waals surface area contributed by atoms with Crippen molar-refractivity contribution in [3.05, 3.63) is 35.0 Å². The average molecular weight is 322 g/mol. The Hall–Kier alpha value is -2.01. The number of carbonyl (C=O) groups is 2. The molecule has 2 aromatic rings. The first-order valence-corrected chi connectivity index (χ1v) is 7.61. The van der Waals surface area contributed by atoms with Crippen LogP contribution in [0.25, 0.3) is 11.0 Å². The third-order valence-electron chi connectivity index (χ3n) is 3.73. The SMILES string of the molecule is CC(OC(=O)c1cc2cc(Cl)ccc2o1)C(=O)N1CCCC1. The molecule has 1 unspecified atom stereocenters. The number of nitrogens with zero attached hydrogens (tertiary/aromatic N) is 1. The van der Waals surface area contributed by atoms with Crippen LogP contribution >= 0.6 is 11.6 Å². The molecule has 0 bridgehead atoms. The first-order chi connectivity index (χ1) is 10.5. The normalized spacial score (nSPS) is 16.0. The van der Waals surface area contributed by atoms with E-state index in [-0.39, 0.29) is 11.7 Å². The lowest BCUT2D eigenvalue weighted by molar-refractivity contribution is -0.138. The van der Waals surface area contributed by atoms with Gasteiger partial charge in [0, 0.05) is 23.5 Å². The Kier molecular flexibility index (Phi) is 4.07. The predicted octanol–water partition coefficient (Wildman–Crippen LogP) is 3.25. The van der Waals surface area contributed by atoms with Gasteiger partial charge in [-0.2, -0.15) is 0 Å². The summed E-state index contributed by atoms with van der Waals surface area (Å²) in [5.41, 5.74) is 0.551. The molecule has 0 N–H and O–H groups in total. The number of hydrogen-bond donors (Lipinski definition) is 0. The maximum absolute atomic E-state index is 12.1. The van der Waals surface area contributed by atoms with E-state index >= 15 is 0 Å². The number of furan rings is 1. The zero-order chi connectivity index (χ0) is 15.7. The number of fused-ring (bicyclic) bond motifs is 1. The molecule has 1 aliphatic rings. The molecule has 1 aliphatic heterocycles. The van der Waals surface area contributed by atoms with Crippen molar-refractivity contribution >= 4 is 34.4 Å². The van der Waals surface area contributed by atoms with Crippen molar-refractivity contribution in [3.63, 3.8) is 0 Å². The zero-order valence-electron chi connectivity index (χ0n) is 12.2. The van der Waals surface area contributed by atoms with Crippen molar-refractivity contribution in [2.24, 2.45) is 0 Å². The van der Waals surface area contributed by atoms with E-state index in [9.17, 15) is 9.59 Å². The highest BCUT2D eigenvalue weighted by atomic mass is 35.5. The Morgan fingerprint density at radius 3 is 2.73 bits per heavy atom. The van der Waals surface area contributed by atoms with E-state index in [2.05, 4.69) is 0 Å².